The Morgan fingerprint density at radius 2 is 1.97 bits per heavy atom. The quantitative estimate of drug-likeness (QED) is 0.484. The lowest BCUT2D eigenvalue weighted by atomic mass is 9.84. The Morgan fingerprint density at radius 3 is 2.70 bits per heavy atom. The van der Waals surface area contributed by atoms with Crippen LogP contribution >= 0.6 is 15.9 Å². The third kappa shape index (κ3) is 4.79. The fourth-order valence-electron chi connectivity index (χ4n) is 5.14. The van der Waals surface area contributed by atoms with E-state index in [1.807, 2.05) is 54.6 Å². The van der Waals surface area contributed by atoms with Gasteiger partial charge in [0, 0.05) is 22.9 Å². The van der Waals surface area contributed by atoms with Crippen LogP contribution in [-0.2, 0) is 20.9 Å². The molecule has 1 fully saturated rings. The number of carbonyl (C=O) groups excluding carboxylic acids is 2. The normalized spacial score (nSPS) is 19.6. The second kappa shape index (κ2) is 10.3. The molecular weight excluding hydrogens is 538 g/mol. The number of carbonyl (C=O) groups is 2. The predicted molar refractivity (Wildman–Crippen MR) is 145 cm³/mol. The van der Waals surface area contributed by atoms with Gasteiger partial charge in [0.1, 0.15) is 23.1 Å². The van der Waals surface area contributed by atoms with Crippen LogP contribution in [0.4, 0.5) is 5.69 Å². The van der Waals surface area contributed by atoms with Gasteiger partial charge >= 0.3 is 0 Å². The molecule has 1 saturated heterocycles. The summed E-state index contributed by atoms with van der Waals surface area (Å²) >= 11 is 3.54. The maximum absolute atomic E-state index is 14.4. The smallest absolute Gasteiger partial charge is 0.254 e. The zero-order valence-corrected chi connectivity index (χ0v) is 22.4. The molecule has 5 rings (SSSR count). The molecule has 1 spiro atoms. The lowest BCUT2D eigenvalue weighted by Gasteiger charge is -2.41. The van der Waals surface area contributed by atoms with Gasteiger partial charge < -0.3 is 30.2 Å². The van der Waals surface area contributed by atoms with Gasteiger partial charge in [-0.3, -0.25) is 9.59 Å². The van der Waals surface area contributed by atoms with Crippen molar-refractivity contribution in [3.8, 4) is 11.5 Å². The number of hydrogen-bond acceptors (Lipinski definition) is 6. The molecule has 0 aliphatic carbocycles. The second-order valence-electron chi connectivity index (χ2n) is 9.51. The van der Waals surface area contributed by atoms with E-state index in [1.54, 1.807) is 18.9 Å². The summed E-state index contributed by atoms with van der Waals surface area (Å²) in [5.41, 5.74) is 6.42. The molecule has 0 unspecified atom stereocenters. The van der Waals surface area contributed by atoms with Gasteiger partial charge in [0.2, 0.25) is 5.91 Å². The van der Waals surface area contributed by atoms with Crippen LogP contribution in [0.1, 0.15) is 25.3 Å². The van der Waals surface area contributed by atoms with E-state index in [0.29, 0.717) is 43.2 Å². The molecule has 9 heteroatoms. The number of methoxy groups -OCH3 is 1. The van der Waals surface area contributed by atoms with Crippen LogP contribution in [0.2, 0.25) is 0 Å². The number of nitrogens with two attached hydrogens (primary N) is 1. The molecular formula is C28H30BrN3O5. The maximum Gasteiger partial charge on any atom is 0.254 e. The van der Waals surface area contributed by atoms with Crippen molar-refractivity contribution < 1.29 is 23.8 Å². The maximum atomic E-state index is 14.4. The number of hydrogen-bond donors (Lipinski definition) is 2. The Balaban J connectivity index is 1.65. The van der Waals surface area contributed by atoms with Crippen molar-refractivity contribution in [1.82, 2.24) is 5.32 Å². The Labute approximate surface area is 224 Å². The van der Waals surface area contributed by atoms with E-state index in [4.69, 9.17) is 19.9 Å². The fourth-order valence-corrected chi connectivity index (χ4v) is 5.52. The number of nitrogens with zero attached hydrogens (tertiary/aromatic N) is 1. The van der Waals surface area contributed by atoms with Crippen molar-refractivity contribution in [2.24, 2.45) is 5.73 Å². The van der Waals surface area contributed by atoms with Crippen LogP contribution in [0.15, 0.2) is 59.1 Å². The number of ether oxygens (including phenoxy) is 3. The largest absolute Gasteiger partial charge is 0.496 e. The van der Waals surface area contributed by atoms with Crippen LogP contribution in [-0.4, -0.2) is 49.8 Å². The highest BCUT2D eigenvalue weighted by atomic mass is 79.9. The van der Waals surface area contributed by atoms with Gasteiger partial charge in [-0.1, -0.05) is 40.2 Å². The van der Waals surface area contributed by atoms with Crippen LogP contribution < -0.4 is 25.4 Å². The molecule has 3 aromatic carbocycles. The van der Waals surface area contributed by atoms with Gasteiger partial charge in [-0.15, -0.1) is 0 Å². The molecule has 0 aromatic heterocycles. The number of para-hydroxylation sites is 2. The van der Waals surface area contributed by atoms with Gasteiger partial charge in [0.15, 0.2) is 0 Å². The number of anilines is 1. The SMILES string of the molecule is COc1ccc2cc(Br)ccc2c1CN1C(=O)[C@H](NC(=O)[C@H](C)N)C2(CCOCC2)Oc2ccccc21. The minimum Gasteiger partial charge on any atom is -0.496 e. The molecule has 3 N–H and O–H groups in total. The summed E-state index contributed by atoms with van der Waals surface area (Å²) in [7, 11) is 1.62. The van der Waals surface area contributed by atoms with Gasteiger partial charge in [0.05, 0.1) is 38.6 Å². The van der Waals surface area contributed by atoms with Crippen molar-refractivity contribution in [3.63, 3.8) is 0 Å². The number of amides is 2. The molecule has 194 valence electrons. The highest BCUT2D eigenvalue weighted by Gasteiger charge is 2.51. The summed E-state index contributed by atoms with van der Waals surface area (Å²) in [6.07, 6.45) is 0.910. The van der Waals surface area contributed by atoms with Gasteiger partial charge in [0.25, 0.3) is 5.91 Å². The zero-order chi connectivity index (χ0) is 26.2. The number of halogens is 1. The van der Waals surface area contributed by atoms with E-state index < -0.39 is 23.6 Å². The van der Waals surface area contributed by atoms with Crippen LogP contribution in [0.25, 0.3) is 10.8 Å². The van der Waals surface area contributed by atoms with E-state index in [9.17, 15) is 9.59 Å². The Kier molecular flexibility index (Phi) is 7.11. The molecule has 2 aliphatic rings. The van der Waals surface area contributed by atoms with Crippen molar-refractivity contribution in [2.75, 3.05) is 25.2 Å². The zero-order valence-electron chi connectivity index (χ0n) is 20.8. The summed E-state index contributed by atoms with van der Waals surface area (Å²) in [5, 5.41) is 4.90. The third-order valence-electron chi connectivity index (χ3n) is 7.13. The van der Waals surface area contributed by atoms with E-state index in [2.05, 4.69) is 21.2 Å². The van der Waals surface area contributed by atoms with Crippen molar-refractivity contribution in [2.45, 2.75) is 44.0 Å². The number of nitrogens with one attached hydrogen (secondary N) is 1. The minimum atomic E-state index is -0.960. The summed E-state index contributed by atoms with van der Waals surface area (Å²) in [6.45, 7) is 2.66. The van der Waals surface area contributed by atoms with Gasteiger partial charge in [-0.05, 0) is 48.0 Å². The number of benzene rings is 3. The second-order valence-corrected chi connectivity index (χ2v) is 10.4. The lowest BCUT2D eigenvalue weighted by molar-refractivity contribution is -0.137. The predicted octanol–water partition coefficient (Wildman–Crippen LogP) is 3.92. The van der Waals surface area contributed by atoms with Crippen molar-refractivity contribution >= 4 is 44.2 Å². The Morgan fingerprint density at radius 1 is 1.22 bits per heavy atom. The molecule has 2 atom stereocenters. The van der Waals surface area contributed by atoms with Crippen LogP contribution in [0.3, 0.4) is 0 Å². The molecule has 37 heavy (non-hydrogen) atoms. The summed E-state index contributed by atoms with van der Waals surface area (Å²) in [5.74, 6) is 0.572. The van der Waals surface area contributed by atoms with Gasteiger partial charge in [-0.25, -0.2) is 0 Å². The highest BCUT2D eigenvalue weighted by Crippen LogP contribution is 2.42. The first-order valence-electron chi connectivity index (χ1n) is 12.3. The average molecular weight is 568 g/mol. The van der Waals surface area contributed by atoms with Crippen LogP contribution in [0.5, 0.6) is 11.5 Å². The summed E-state index contributed by atoms with van der Waals surface area (Å²) in [6, 6.07) is 15.7. The van der Waals surface area contributed by atoms with Crippen LogP contribution in [0, 0.1) is 0 Å². The van der Waals surface area contributed by atoms with Crippen molar-refractivity contribution in [1.29, 1.82) is 0 Å². The minimum absolute atomic E-state index is 0.221. The molecule has 2 aliphatic heterocycles. The fraction of sp³-hybridized carbons (Fsp3) is 0.357. The van der Waals surface area contributed by atoms with Crippen molar-refractivity contribution in [3.05, 3.63) is 64.6 Å². The molecule has 8 nitrogen and oxygen atoms in total. The Bertz CT molecular complexity index is 1340. The number of fused-ring (bicyclic) bond motifs is 2. The highest BCUT2D eigenvalue weighted by molar-refractivity contribution is 9.10. The molecule has 0 radical (unpaired) electrons. The summed E-state index contributed by atoms with van der Waals surface area (Å²) in [4.78, 5) is 28.9. The van der Waals surface area contributed by atoms with E-state index in [0.717, 1.165) is 20.8 Å². The monoisotopic (exact) mass is 567 g/mol. The first-order chi connectivity index (χ1) is 17.8. The molecule has 3 aromatic rings. The lowest BCUT2D eigenvalue weighted by Crippen LogP contribution is -2.65. The topological polar surface area (TPSA) is 103 Å². The standard InChI is InChI=1S/C28H30BrN3O5/c1-17(30)26(33)31-25-27(34)32(16-21-20-9-8-19(29)15-18(20)7-10-23(21)35-2)22-5-3-4-6-24(22)37-28(25)11-13-36-14-12-28/h3-10,15,17,25H,11-14,16,30H2,1-2H3,(H,31,33)/t17-,25-/m0/s1. The van der Waals surface area contributed by atoms with E-state index in [1.165, 1.54) is 0 Å². The number of rotatable bonds is 5. The van der Waals surface area contributed by atoms with Gasteiger partial charge in [-0.2, -0.15) is 0 Å². The van der Waals surface area contributed by atoms with E-state index >= 15 is 0 Å². The Hall–Kier alpha value is -3.14. The first kappa shape index (κ1) is 25.5. The summed E-state index contributed by atoms with van der Waals surface area (Å²) < 4.78 is 18.9. The van der Waals surface area contributed by atoms with E-state index in [-0.39, 0.29) is 12.5 Å². The molecule has 2 amide bonds. The molecule has 0 saturated carbocycles. The molecule has 0 bridgehead atoms. The third-order valence-corrected chi connectivity index (χ3v) is 7.63. The first-order valence-corrected chi connectivity index (χ1v) is 13.1. The molecule has 2 heterocycles. The average Bonchev–Trinajstić information content (AvgIpc) is 2.98.